The average Bonchev–Trinajstić information content (AvgIpc) is 3.00. The fraction of sp³-hybridized carbons (Fsp3) is 0.750. The highest BCUT2D eigenvalue weighted by Crippen LogP contribution is 2.57. The monoisotopic (exact) mass is 191 g/mol. The Hall–Kier alpha value is -0.990. The van der Waals surface area contributed by atoms with Crippen LogP contribution in [0, 0.1) is 35.0 Å². The zero-order valence-corrected chi connectivity index (χ0v) is 8.88. The predicted octanol–water partition coefficient (Wildman–Crippen LogP) is 2.09. The molecule has 1 saturated carbocycles. The molecule has 0 aromatic heterocycles. The van der Waals surface area contributed by atoms with Crippen molar-refractivity contribution < 1.29 is 5.11 Å². The van der Waals surface area contributed by atoms with Crippen molar-refractivity contribution in [1.29, 1.82) is 5.26 Å². The molecule has 14 heavy (non-hydrogen) atoms. The van der Waals surface area contributed by atoms with Crippen LogP contribution in [0.1, 0.15) is 39.5 Å². The lowest BCUT2D eigenvalue weighted by Gasteiger charge is -2.34. The molecule has 1 aliphatic rings. The normalized spacial score (nSPS) is 22.1. The van der Waals surface area contributed by atoms with E-state index in [1.807, 2.05) is 13.8 Å². The van der Waals surface area contributed by atoms with Crippen LogP contribution >= 0.6 is 0 Å². The predicted molar refractivity (Wildman–Crippen MR) is 55.1 cm³/mol. The third kappa shape index (κ3) is 1.31. The van der Waals surface area contributed by atoms with Gasteiger partial charge in [-0.05, 0) is 25.7 Å². The van der Waals surface area contributed by atoms with Gasteiger partial charge in [0.15, 0.2) is 0 Å². The quantitative estimate of drug-likeness (QED) is 0.691. The zero-order valence-electron chi connectivity index (χ0n) is 8.88. The second-order valence-corrected chi connectivity index (χ2v) is 4.12. The van der Waals surface area contributed by atoms with Crippen molar-refractivity contribution in [3.05, 3.63) is 0 Å². The minimum absolute atomic E-state index is 0.0367. The Balaban J connectivity index is 2.99. The zero-order chi connectivity index (χ0) is 10.8. The lowest BCUT2D eigenvalue weighted by Crippen LogP contribution is -2.44. The van der Waals surface area contributed by atoms with Crippen LogP contribution in [0.15, 0.2) is 0 Å². The standard InChI is InChI=1S/C12H17NO/c1-4-10(5-2)12(14,6-3)11(9-13)7-8-11/h3,10,14H,4-5,7-8H2,1-2H3/t12-/m0/s1. The molecule has 1 fully saturated rings. The second kappa shape index (κ2) is 3.64. The van der Waals surface area contributed by atoms with Crippen molar-refractivity contribution in [2.24, 2.45) is 11.3 Å². The van der Waals surface area contributed by atoms with E-state index in [1.54, 1.807) is 0 Å². The van der Waals surface area contributed by atoms with E-state index < -0.39 is 11.0 Å². The minimum Gasteiger partial charge on any atom is -0.376 e. The topological polar surface area (TPSA) is 44.0 Å². The number of terminal acetylenes is 1. The van der Waals surface area contributed by atoms with Crippen LogP contribution < -0.4 is 0 Å². The Kier molecular flexibility index (Phi) is 2.88. The number of aliphatic hydroxyl groups is 1. The van der Waals surface area contributed by atoms with E-state index in [-0.39, 0.29) is 5.92 Å². The molecule has 0 unspecified atom stereocenters. The van der Waals surface area contributed by atoms with Crippen LogP contribution in [-0.4, -0.2) is 10.7 Å². The number of hydrogen-bond acceptors (Lipinski definition) is 2. The van der Waals surface area contributed by atoms with Gasteiger partial charge in [-0.1, -0.05) is 19.8 Å². The Morgan fingerprint density at radius 3 is 2.21 bits per heavy atom. The van der Waals surface area contributed by atoms with E-state index >= 15 is 0 Å². The third-order valence-corrected chi connectivity index (χ3v) is 3.49. The fourth-order valence-electron chi connectivity index (χ4n) is 2.23. The fourth-order valence-corrected chi connectivity index (χ4v) is 2.23. The van der Waals surface area contributed by atoms with Crippen LogP contribution in [0.4, 0.5) is 0 Å². The van der Waals surface area contributed by atoms with Gasteiger partial charge >= 0.3 is 0 Å². The molecule has 1 atom stereocenters. The molecule has 1 aliphatic carbocycles. The van der Waals surface area contributed by atoms with Gasteiger partial charge in [-0.3, -0.25) is 0 Å². The first kappa shape index (κ1) is 11.1. The summed E-state index contributed by atoms with van der Waals surface area (Å²) in [6.45, 7) is 4.01. The summed E-state index contributed by atoms with van der Waals surface area (Å²) in [5, 5.41) is 19.5. The van der Waals surface area contributed by atoms with Crippen molar-refractivity contribution in [3.8, 4) is 18.4 Å². The van der Waals surface area contributed by atoms with Crippen molar-refractivity contribution in [1.82, 2.24) is 0 Å². The Labute approximate surface area is 85.9 Å². The number of nitrogens with zero attached hydrogens (tertiary/aromatic N) is 1. The maximum absolute atomic E-state index is 10.4. The van der Waals surface area contributed by atoms with Gasteiger partial charge in [0, 0.05) is 5.92 Å². The molecule has 0 amide bonds. The second-order valence-electron chi connectivity index (χ2n) is 4.12. The molecule has 0 aromatic rings. The largest absolute Gasteiger partial charge is 0.376 e. The molecule has 0 aliphatic heterocycles. The summed E-state index contributed by atoms with van der Waals surface area (Å²) in [6.07, 6.45) is 8.52. The van der Waals surface area contributed by atoms with Gasteiger partial charge in [0.05, 0.1) is 11.5 Å². The molecule has 0 heterocycles. The van der Waals surface area contributed by atoms with Gasteiger partial charge in [-0.2, -0.15) is 5.26 Å². The first-order valence-electron chi connectivity index (χ1n) is 5.21. The average molecular weight is 191 g/mol. The lowest BCUT2D eigenvalue weighted by molar-refractivity contribution is -0.0121. The molecular formula is C12H17NO. The van der Waals surface area contributed by atoms with Crippen molar-refractivity contribution >= 4 is 0 Å². The van der Waals surface area contributed by atoms with Crippen LogP contribution in [-0.2, 0) is 0 Å². The van der Waals surface area contributed by atoms with Gasteiger partial charge in [-0.25, -0.2) is 0 Å². The van der Waals surface area contributed by atoms with E-state index in [0.29, 0.717) is 0 Å². The molecule has 76 valence electrons. The van der Waals surface area contributed by atoms with Crippen LogP contribution in [0.2, 0.25) is 0 Å². The summed E-state index contributed by atoms with van der Waals surface area (Å²) >= 11 is 0. The first-order chi connectivity index (χ1) is 6.60. The number of rotatable bonds is 4. The van der Waals surface area contributed by atoms with E-state index in [0.717, 1.165) is 25.7 Å². The van der Waals surface area contributed by atoms with E-state index in [1.165, 1.54) is 0 Å². The number of nitriles is 1. The molecule has 0 aromatic carbocycles. The van der Waals surface area contributed by atoms with Gasteiger partial charge < -0.3 is 5.11 Å². The van der Waals surface area contributed by atoms with Crippen molar-refractivity contribution in [2.75, 3.05) is 0 Å². The SMILES string of the molecule is C#C[C@](O)(C(CC)CC)C1(C#N)CC1. The summed E-state index contributed by atoms with van der Waals surface area (Å²) in [5.41, 5.74) is -1.87. The maximum atomic E-state index is 10.4. The molecule has 2 nitrogen and oxygen atoms in total. The van der Waals surface area contributed by atoms with E-state index in [2.05, 4.69) is 12.0 Å². The van der Waals surface area contributed by atoms with Gasteiger partial charge in [0.2, 0.25) is 0 Å². The third-order valence-electron chi connectivity index (χ3n) is 3.49. The maximum Gasteiger partial charge on any atom is 0.146 e. The van der Waals surface area contributed by atoms with Crippen LogP contribution in [0.5, 0.6) is 0 Å². The van der Waals surface area contributed by atoms with Crippen molar-refractivity contribution in [3.63, 3.8) is 0 Å². The Bertz CT molecular complexity index is 288. The van der Waals surface area contributed by atoms with Gasteiger partial charge in [-0.15, -0.1) is 6.42 Å². The highest BCUT2D eigenvalue weighted by Gasteiger charge is 2.61. The van der Waals surface area contributed by atoms with Gasteiger partial charge in [0.25, 0.3) is 0 Å². The molecule has 0 spiro atoms. The molecule has 0 saturated heterocycles. The highest BCUT2D eigenvalue weighted by atomic mass is 16.3. The minimum atomic E-state index is -1.22. The molecule has 0 bridgehead atoms. The first-order valence-corrected chi connectivity index (χ1v) is 5.21. The molecular weight excluding hydrogens is 174 g/mol. The Morgan fingerprint density at radius 2 is 2.00 bits per heavy atom. The van der Waals surface area contributed by atoms with E-state index in [4.69, 9.17) is 11.7 Å². The number of hydrogen-bond donors (Lipinski definition) is 1. The van der Waals surface area contributed by atoms with Crippen LogP contribution in [0.3, 0.4) is 0 Å². The summed E-state index contributed by atoms with van der Waals surface area (Å²) in [5.74, 6) is 2.50. The van der Waals surface area contributed by atoms with Crippen LogP contribution in [0.25, 0.3) is 0 Å². The van der Waals surface area contributed by atoms with E-state index in [9.17, 15) is 5.11 Å². The molecule has 2 heteroatoms. The van der Waals surface area contributed by atoms with Crippen molar-refractivity contribution in [2.45, 2.75) is 45.1 Å². The molecule has 1 N–H and O–H groups in total. The van der Waals surface area contributed by atoms with Gasteiger partial charge in [0.1, 0.15) is 5.60 Å². The summed E-state index contributed by atoms with van der Waals surface area (Å²) < 4.78 is 0. The molecule has 0 radical (unpaired) electrons. The summed E-state index contributed by atoms with van der Waals surface area (Å²) in [4.78, 5) is 0. The Morgan fingerprint density at radius 1 is 1.50 bits per heavy atom. The highest BCUT2D eigenvalue weighted by molar-refractivity contribution is 5.31. The smallest absolute Gasteiger partial charge is 0.146 e. The molecule has 1 rings (SSSR count). The lowest BCUT2D eigenvalue weighted by atomic mass is 9.73. The summed E-state index contributed by atoms with van der Waals surface area (Å²) in [6, 6.07) is 2.20. The summed E-state index contributed by atoms with van der Waals surface area (Å²) in [7, 11) is 0.